The molecule has 9 heteroatoms. The molecule has 0 aliphatic rings. The zero-order valence-electron chi connectivity index (χ0n) is 9.74. The van der Waals surface area contributed by atoms with Crippen LogP contribution in [0.3, 0.4) is 0 Å². The molecule has 0 aromatic rings. The first-order chi connectivity index (χ1) is 7.60. The van der Waals surface area contributed by atoms with Gasteiger partial charge in [0.25, 0.3) is 20.2 Å². The third-order valence-corrected chi connectivity index (χ3v) is 3.74. The first kappa shape index (κ1) is 16.8. The largest absolute Gasteiger partial charge is 0.306 e. The average molecular weight is 289 g/mol. The van der Waals surface area contributed by atoms with Crippen LogP contribution in [-0.2, 0) is 20.2 Å². The van der Waals surface area contributed by atoms with E-state index in [1.807, 2.05) is 4.90 Å². The van der Waals surface area contributed by atoms with Crippen molar-refractivity contribution in [3.8, 4) is 0 Å². The van der Waals surface area contributed by atoms with Gasteiger partial charge in [-0.2, -0.15) is 16.8 Å². The highest BCUT2D eigenvalue weighted by atomic mass is 32.2. The quantitative estimate of drug-likeness (QED) is 0.449. The first-order valence-electron chi connectivity index (χ1n) is 5.19. The van der Waals surface area contributed by atoms with E-state index in [4.69, 9.17) is 9.11 Å². The monoisotopic (exact) mass is 289 g/mol. The van der Waals surface area contributed by atoms with Gasteiger partial charge in [-0.3, -0.25) is 9.11 Å². The molecule has 0 aromatic carbocycles. The average Bonchev–Trinajstić information content (AvgIpc) is 2.09. The molecule has 0 radical (unpaired) electrons. The summed E-state index contributed by atoms with van der Waals surface area (Å²) in [4.78, 5) is 1.84. The number of hydrogen-bond donors (Lipinski definition) is 2. The molecule has 0 amide bonds. The highest BCUT2D eigenvalue weighted by Gasteiger charge is 2.07. The number of rotatable bonds is 9. The Bertz CT molecular complexity index is 402. The Kier molecular flexibility index (Phi) is 7.17. The first-order valence-corrected chi connectivity index (χ1v) is 8.41. The highest BCUT2D eigenvalue weighted by molar-refractivity contribution is 7.86. The van der Waals surface area contributed by atoms with Gasteiger partial charge >= 0.3 is 0 Å². The van der Waals surface area contributed by atoms with Crippen LogP contribution in [0.25, 0.3) is 0 Å². The summed E-state index contributed by atoms with van der Waals surface area (Å²) in [5.74, 6) is -0.534. The standard InChI is InChI=1S/C8H19NO6S2/c1-9(6-4-8-17(13,14)15)5-2-3-7-16(10,11)12/h2-8H2,1H3,(H,10,11,12)(H,13,14,15). The smallest absolute Gasteiger partial charge is 0.264 e. The molecule has 104 valence electrons. The Labute approximate surface area is 102 Å². The van der Waals surface area contributed by atoms with E-state index in [-0.39, 0.29) is 11.5 Å². The molecule has 0 aromatic heterocycles. The molecule has 0 rings (SSSR count). The highest BCUT2D eigenvalue weighted by Crippen LogP contribution is 1.98. The molecule has 0 heterocycles. The van der Waals surface area contributed by atoms with Crippen LogP contribution in [-0.4, -0.2) is 62.5 Å². The molecule has 0 fully saturated rings. The van der Waals surface area contributed by atoms with Crippen LogP contribution >= 0.6 is 0 Å². The zero-order chi connectivity index (χ0) is 13.5. The number of unbranched alkanes of at least 4 members (excludes halogenated alkanes) is 1. The fourth-order valence-electron chi connectivity index (χ4n) is 1.29. The van der Waals surface area contributed by atoms with Crippen molar-refractivity contribution >= 4 is 20.2 Å². The van der Waals surface area contributed by atoms with Crippen molar-refractivity contribution in [3.63, 3.8) is 0 Å². The van der Waals surface area contributed by atoms with Crippen LogP contribution in [0.15, 0.2) is 0 Å². The summed E-state index contributed by atoms with van der Waals surface area (Å²) in [7, 11) is -6.02. The van der Waals surface area contributed by atoms with Crippen molar-refractivity contribution in [2.75, 3.05) is 31.6 Å². The van der Waals surface area contributed by atoms with Gasteiger partial charge in [-0.25, -0.2) is 0 Å². The molecule has 0 aliphatic carbocycles. The summed E-state index contributed by atoms with van der Waals surface area (Å²) in [5, 5.41) is 0. The Morgan fingerprint density at radius 1 is 0.824 bits per heavy atom. The summed E-state index contributed by atoms with van der Waals surface area (Å²) in [5.41, 5.74) is 0. The lowest BCUT2D eigenvalue weighted by Crippen LogP contribution is -2.23. The second kappa shape index (κ2) is 7.27. The van der Waals surface area contributed by atoms with Crippen molar-refractivity contribution in [1.29, 1.82) is 0 Å². The summed E-state index contributed by atoms with van der Waals surface area (Å²) in [6, 6.07) is 0. The van der Waals surface area contributed by atoms with Crippen LogP contribution in [0.4, 0.5) is 0 Å². The molecular formula is C8H19NO6S2. The Balaban J connectivity index is 3.57. The second-order valence-corrected chi connectivity index (χ2v) is 7.08. The normalized spacial score (nSPS) is 13.2. The maximum Gasteiger partial charge on any atom is 0.264 e. The minimum atomic E-state index is -3.90. The summed E-state index contributed by atoms with van der Waals surface area (Å²) in [6.07, 6.45) is 1.29. The predicted octanol–water partition coefficient (Wildman–Crippen LogP) is -0.136. The van der Waals surface area contributed by atoms with Crippen LogP contribution in [0.1, 0.15) is 19.3 Å². The van der Waals surface area contributed by atoms with E-state index < -0.39 is 20.2 Å². The van der Waals surface area contributed by atoms with E-state index in [1.165, 1.54) is 0 Å². The number of hydrogen-bond acceptors (Lipinski definition) is 5. The zero-order valence-corrected chi connectivity index (χ0v) is 11.4. The van der Waals surface area contributed by atoms with Gasteiger partial charge in [0.2, 0.25) is 0 Å². The van der Waals surface area contributed by atoms with Gasteiger partial charge in [0, 0.05) is 0 Å². The van der Waals surface area contributed by atoms with Crippen molar-refractivity contribution in [3.05, 3.63) is 0 Å². The van der Waals surface area contributed by atoms with E-state index in [0.717, 1.165) is 0 Å². The van der Waals surface area contributed by atoms with Crippen LogP contribution < -0.4 is 0 Å². The van der Waals surface area contributed by atoms with E-state index in [1.54, 1.807) is 7.05 Å². The molecule has 0 aliphatic heterocycles. The van der Waals surface area contributed by atoms with Gasteiger partial charge in [-0.05, 0) is 39.4 Å². The van der Waals surface area contributed by atoms with E-state index in [0.29, 0.717) is 32.4 Å². The van der Waals surface area contributed by atoms with Crippen molar-refractivity contribution in [1.82, 2.24) is 4.90 Å². The third-order valence-electron chi connectivity index (χ3n) is 2.13. The molecule has 0 spiro atoms. The van der Waals surface area contributed by atoms with Crippen LogP contribution in [0, 0.1) is 0 Å². The van der Waals surface area contributed by atoms with Gasteiger partial charge in [0.05, 0.1) is 11.5 Å². The molecule has 0 saturated carbocycles. The topological polar surface area (TPSA) is 112 Å². The minimum absolute atomic E-state index is 0.258. The molecule has 0 atom stereocenters. The molecule has 2 N–H and O–H groups in total. The van der Waals surface area contributed by atoms with Crippen molar-refractivity contribution in [2.45, 2.75) is 19.3 Å². The Morgan fingerprint density at radius 3 is 1.71 bits per heavy atom. The van der Waals surface area contributed by atoms with Crippen LogP contribution in [0.5, 0.6) is 0 Å². The lowest BCUT2D eigenvalue weighted by molar-refractivity contribution is 0.327. The summed E-state index contributed by atoms with van der Waals surface area (Å²) in [6.45, 7) is 1.12. The SMILES string of the molecule is CN(CCCCS(=O)(=O)O)CCCS(=O)(=O)O. The summed E-state index contributed by atoms with van der Waals surface area (Å²) < 4.78 is 58.6. The van der Waals surface area contributed by atoms with Gasteiger partial charge in [0.1, 0.15) is 0 Å². The van der Waals surface area contributed by atoms with Crippen LogP contribution in [0.2, 0.25) is 0 Å². The van der Waals surface area contributed by atoms with E-state index in [9.17, 15) is 16.8 Å². The van der Waals surface area contributed by atoms with E-state index >= 15 is 0 Å². The fourth-order valence-corrected chi connectivity index (χ4v) is 2.36. The van der Waals surface area contributed by atoms with Crippen molar-refractivity contribution < 1.29 is 25.9 Å². The summed E-state index contributed by atoms with van der Waals surface area (Å²) >= 11 is 0. The second-order valence-electron chi connectivity index (χ2n) is 3.94. The van der Waals surface area contributed by atoms with Crippen molar-refractivity contribution in [2.24, 2.45) is 0 Å². The van der Waals surface area contributed by atoms with Gasteiger partial charge in [0.15, 0.2) is 0 Å². The lowest BCUT2D eigenvalue weighted by atomic mass is 10.3. The maximum atomic E-state index is 10.4. The molecule has 0 unspecified atom stereocenters. The molecule has 17 heavy (non-hydrogen) atoms. The Hall–Kier alpha value is -0.220. The number of nitrogens with zero attached hydrogens (tertiary/aromatic N) is 1. The maximum absolute atomic E-state index is 10.4. The molecule has 7 nitrogen and oxygen atoms in total. The van der Waals surface area contributed by atoms with Gasteiger partial charge in [-0.15, -0.1) is 0 Å². The van der Waals surface area contributed by atoms with E-state index in [2.05, 4.69) is 0 Å². The molecule has 0 saturated heterocycles. The molecular weight excluding hydrogens is 270 g/mol. The fraction of sp³-hybridized carbons (Fsp3) is 1.00. The lowest BCUT2D eigenvalue weighted by Gasteiger charge is -2.15. The van der Waals surface area contributed by atoms with Gasteiger partial charge < -0.3 is 4.90 Å². The Morgan fingerprint density at radius 2 is 1.24 bits per heavy atom. The predicted molar refractivity (Wildman–Crippen MR) is 64.2 cm³/mol. The minimum Gasteiger partial charge on any atom is -0.306 e. The molecule has 0 bridgehead atoms. The third kappa shape index (κ3) is 13.7. The van der Waals surface area contributed by atoms with Gasteiger partial charge in [-0.1, -0.05) is 0 Å².